The molecule has 0 aliphatic rings. The standard InChI is InChI=1S/C21H41BrO2Si4/c1-12-19(23)20(22)21(18-16-14-13-15-17(18)2)24-28(25(3,4)5,26(6,7)8)27(9,10)11/h12-16,19-21,23H,1H2,2-11H3/t19-,20+,21-/m0/s1. The molecule has 1 aromatic rings. The highest BCUT2D eigenvalue weighted by atomic mass is 79.9. The van der Waals surface area contributed by atoms with Gasteiger partial charge in [0.25, 0.3) is 0 Å². The van der Waals surface area contributed by atoms with Gasteiger partial charge in [0.05, 0.1) is 39.8 Å². The van der Waals surface area contributed by atoms with Crippen molar-refractivity contribution < 1.29 is 9.53 Å². The summed E-state index contributed by atoms with van der Waals surface area (Å²) in [6.07, 6.45) is 0.807. The number of hydrogen-bond acceptors (Lipinski definition) is 2. The van der Waals surface area contributed by atoms with E-state index < -0.39 is 35.7 Å². The van der Waals surface area contributed by atoms with Crippen molar-refractivity contribution in [2.75, 3.05) is 0 Å². The van der Waals surface area contributed by atoms with Crippen molar-refractivity contribution in [3.05, 3.63) is 48.0 Å². The van der Waals surface area contributed by atoms with Gasteiger partial charge in [0.1, 0.15) is 0 Å². The van der Waals surface area contributed by atoms with Gasteiger partial charge >= 0.3 is 0 Å². The lowest BCUT2D eigenvalue weighted by Gasteiger charge is -2.58. The summed E-state index contributed by atoms with van der Waals surface area (Å²) in [7, 11) is -4.80. The molecule has 0 aliphatic carbocycles. The van der Waals surface area contributed by atoms with Gasteiger partial charge in [-0.3, -0.25) is 0 Å². The lowest BCUT2D eigenvalue weighted by atomic mass is 9.99. The normalized spacial score (nSPS) is 17.1. The Labute approximate surface area is 185 Å². The molecule has 0 bridgehead atoms. The molecule has 160 valence electrons. The Morgan fingerprint density at radius 3 is 1.71 bits per heavy atom. The average molecular weight is 518 g/mol. The van der Waals surface area contributed by atoms with Gasteiger partial charge in [-0.05, 0) is 18.1 Å². The molecule has 1 aromatic carbocycles. The highest BCUT2D eigenvalue weighted by molar-refractivity contribution is 9.09. The van der Waals surface area contributed by atoms with Crippen molar-refractivity contribution in [1.29, 1.82) is 0 Å². The van der Waals surface area contributed by atoms with Crippen molar-refractivity contribution in [1.82, 2.24) is 0 Å². The van der Waals surface area contributed by atoms with Crippen LogP contribution in [0.4, 0.5) is 0 Å². The molecule has 0 spiro atoms. The summed E-state index contributed by atoms with van der Waals surface area (Å²) < 4.78 is 7.55. The van der Waals surface area contributed by atoms with Gasteiger partial charge in [0.15, 0.2) is 6.87 Å². The molecule has 0 fully saturated rings. The molecule has 0 aliphatic heterocycles. The largest absolute Gasteiger partial charge is 0.418 e. The summed E-state index contributed by atoms with van der Waals surface area (Å²) in [5.74, 6) is 0. The van der Waals surface area contributed by atoms with Crippen molar-refractivity contribution in [2.24, 2.45) is 0 Å². The molecule has 0 unspecified atom stereocenters. The number of halogens is 1. The van der Waals surface area contributed by atoms with Crippen LogP contribution in [-0.2, 0) is 4.43 Å². The first kappa shape index (κ1) is 26.3. The lowest BCUT2D eigenvalue weighted by Crippen LogP contribution is -2.84. The van der Waals surface area contributed by atoms with Crippen molar-refractivity contribution >= 4 is 45.6 Å². The van der Waals surface area contributed by atoms with E-state index >= 15 is 0 Å². The van der Waals surface area contributed by atoms with E-state index in [9.17, 15) is 5.11 Å². The minimum absolute atomic E-state index is 0.161. The van der Waals surface area contributed by atoms with Gasteiger partial charge in [-0.15, -0.1) is 6.58 Å². The molecule has 2 nitrogen and oxygen atoms in total. The Morgan fingerprint density at radius 2 is 1.36 bits per heavy atom. The molecule has 0 amide bonds. The summed E-state index contributed by atoms with van der Waals surface area (Å²) in [6.45, 7) is 26.7. The van der Waals surface area contributed by atoms with Crippen LogP contribution >= 0.6 is 15.9 Å². The van der Waals surface area contributed by atoms with Crippen LogP contribution in [0.3, 0.4) is 0 Å². The van der Waals surface area contributed by atoms with Crippen molar-refractivity contribution in [3.8, 4) is 0 Å². The molecule has 0 radical (unpaired) electrons. The zero-order valence-corrected chi connectivity index (χ0v) is 25.1. The van der Waals surface area contributed by atoms with E-state index in [0.717, 1.165) is 0 Å². The van der Waals surface area contributed by atoms with Crippen LogP contribution in [0.2, 0.25) is 58.9 Å². The minimum Gasteiger partial charge on any atom is -0.418 e. The lowest BCUT2D eigenvalue weighted by molar-refractivity contribution is 0.134. The van der Waals surface area contributed by atoms with Gasteiger partial charge < -0.3 is 9.53 Å². The molecule has 28 heavy (non-hydrogen) atoms. The number of aryl methyl sites for hydroxylation is 1. The zero-order valence-electron chi connectivity index (χ0n) is 19.6. The van der Waals surface area contributed by atoms with E-state index in [4.69, 9.17) is 4.43 Å². The van der Waals surface area contributed by atoms with E-state index in [2.05, 4.69) is 113 Å². The van der Waals surface area contributed by atoms with Gasteiger partial charge in [0.2, 0.25) is 0 Å². The summed E-state index contributed by atoms with van der Waals surface area (Å²) in [4.78, 5) is -0.206. The average Bonchev–Trinajstić information content (AvgIpc) is 2.51. The van der Waals surface area contributed by atoms with E-state index in [1.165, 1.54) is 11.1 Å². The Kier molecular flexibility index (Phi) is 8.59. The predicted octanol–water partition coefficient (Wildman–Crippen LogP) is 6.56. The summed E-state index contributed by atoms with van der Waals surface area (Å²) >= 11 is 3.82. The molecule has 0 heterocycles. The van der Waals surface area contributed by atoms with E-state index in [1.54, 1.807) is 6.08 Å². The van der Waals surface area contributed by atoms with Crippen LogP contribution in [0.15, 0.2) is 36.9 Å². The van der Waals surface area contributed by atoms with Crippen LogP contribution in [0.5, 0.6) is 0 Å². The fraction of sp³-hybridized carbons (Fsp3) is 0.619. The third kappa shape index (κ3) is 5.10. The predicted molar refractivity (Wildman–Crippen MR) is 140 cm³/mol. The first-order valence-electron chi connectivity index (χ1n) is 10.2. The van der Waals surface area contributed by atoms with Crippen LogP contribution in [-0.4, -0.2) is 45.7 Å². The highest BCUT2D eigenvalue weighted by Crippen LogP contribution is 2.44. The van der Waals surface area contributed by atoms with Crippen LogP contribution in [0.25, 0.3) is 0 Å². The van der Waals surface area contributed by atoms with Gasteiger partial charge in [-0.25, -0.2) is 0 Å². The number of aliphatic hydroxyl groups is 1. The summed E-state index contributed by atoms with van der Waals surface area (Å²) in [6, 6.07) is 8.47. The van der Waals surface area contributed by atoms with Gasteiger partial charge in [0, 0.05) is 0 Å². The molecule has 1 N–H and O–H groups in total. The minimum atomic E-state index is -2.05. The molecule has 3 atom stereocenters. The summed E-state index contributed by atoms with van der Waals surface area (Å²) in [5, 5.41) is 10.7. The van der Waals surface area contributed by atoms with Gasteiger partial charge in [-0.2, -0.15) is 0 Å². The first-order chi connectivity index (χ1) is 12.5. The molecule has 1 rings (SSSR count). The van der Waals surface area contributed by atoms with Crippen LogP contribution in [0, 0.1) is 6.92 Å². The van der Waals surface area contributed by atoms with Crippen LogP contribution in [0.1, 0.15) is 17.2 Å². The molecular weight excluding hydrogens is 476 g/mol. The number of hydrogen-bond donors (Lipinski definition) is 1. The Hall–Kier alpha value is 0.228. The molecule has 0 saturated heterocycles. The number of benzene rings is 1. The second kappa shape index (κ2) is 9.16. The second-order valence-corrected chi connectivity index (χ2v) is 51.5. The topological polar surface area (TPSA) is 29.5 Å². The molecule has 0 aromatic heterocycles. The fourth-order valence-corrected chi connectivity index (χ4v) is 100. The summed E-state index contributed by atoms with van der Waals surface area (Å²) in [5.41, 5.74) is 2.41. The maximum atomic E-state index is 10.7. The number of alkyl halides is 1. The van der Waals surface area contributed by atoms with E-state index in [1.807, 2.05) is 0 Å². The molecule has 7 heteroatoms. The Morgan fingerprint density at radius 1 is 0.929 bits per heavy atom. The maximum absolute atomic E-state index is 10.7. The SMILES string of the molecule is C=C[C@H](O)[C@@H](Br)[C@@H](O[Si]([Si](C)(C)C)([Si](C)(C)C)[Si](C)(C)C)c1ccccc1C. The first-order valence-corrected chi connectivity index (χ1v) is 26.5. The zero-order chi connectivity index (χ0) is 22.1. The third-order valence-electron chi connectivity index (χ3n) is 5.82. The third-order valence-corrected chi connectivity index (χ3v) is 74.4. The molecular formula is C21H41BrO2Si4. The second-order valence-electron chi connectivity index (χ2n) is 11.0. The van der Waals surface area contributed by atoms with Crippen molar-refractivity contribution in [2.45, 2.75) is 82.9 Å². The highest BCUT2D eigenvalue weighted by Gasteiger charge is 2.65. The van der Waals surface area contributed by atoms with E-state index in [0.29, 0.717) is 0 Å². The number of rotatable bonds is 9. The Balaban J connectivity index is 3.76. The van der Waals surface area contributed by atoms with Gasteiger partial charge in [-0.1, -0.05) is 105 Å². The fourth-order valence-electron chi connectivity index (χ4n) is 5.61. The van der Waals surface area contributed by atoms with E-state index in [-0.39, 0.29) is 10.9 Å². The van der Waals surface area contributed by atoms with Crippen LogP contribution < -0.4 is 0 Å². The quantitative estimate of drug-likeness (QED) is 0.228. The smallest absolute Gasteiger partial charge is 0.158 e. The Bertz CT molecular complexity index is 638. The maximum Gasteiger partial charge on any atom is 0.158 e. The number of aliphatic hydroxyl groups excluding tert-OH is 1. The molecule has 0 saturated carbocycles. The monoisotopic (exact) mass is 516 g/mol. The van der Waals surface area contributed by atoms with Crippen molar-refractivity contribution in [3.63, 3.8) is 0 Å².